The highest BCUT2D eigenvalue weighted by Crippen LogP contribution is 2.43. The zero-order valence-corrected chi connectivity index (χ0v) is 16.2. The van der Waals surface area contributed by atoms with Crippen LogP contribution in [0, 0.1) is 11.3 Å². The molecule has 0 bridgehead atoms. The fourth-order valence-electron chi connectivity index (χ4n) is 3.72. The van der Waals surface area contributed by atoms with Crippen LogP contribution < -0.4 is 10.1 Å². The first-order valence-electron chi connectivity index (χ1n) is 9.63. The smallest absolute Gasteiger partial charge is 0.272 e. The lowest BCUT2D eigenvalue weighted by Gasteiger charge is -2.30. The minimum absolute atomic E-state index is 0.0324. The lowest BCUT2D eigenvalue weighted by Crippen LogP contribution is -2.41. The summed E-state index contributed by atoms with van der Waals surface area (Å²) in [6.07, 6.45) is 5.90. The number of aromatic nitrogens is 2. The van der Waals surface area contributed by atoms with Gasteiger partial charge in [0.15, 0.2) is 10.8 Å². The molecule has 6 nitrogen and oxygen atoms in total. The molecule has 0 unspecified atom stereocenters. The van der Waals surface area contributed by atoms with E-state index in [0.717, 1.165) is 55.4 Å². The van der Waals surface area contributed by atoms with Crippen molar-refractivity contribution >= 4 is 17.5 Å². The molecular weight excluding hydrogens is 376 g/mol. The standard InChI is InChI=1S/C21H21ClN4O2/c22-20-9-8-19(25-26-20)21(27)24-15-2-1-3-16(10-15)28-17-7-6-14(12-23)18(11-17)13-4-5-13/h6-9,11,13,15-16H,1-5,10H2,(H,24,27)/t15-,16-/m1/s1. The summed E-state index contributed by atoms with van der Waals surface area (Å²) in [7, 11) is 0. The molecule has 0 aliphatic heterocycles. The Hall–Kier alpha value is -2.65. The Labute approximate surface area is 168 Å². The highest BCUT2D eigenvalue weighted by molar-refractivity contribution is 6.29. The third kappa shape index (κ3) is 4.42. The predicted octanol–water partition coefficient (Wildman–Crippen LogP) is 4.00. The molecule has 0 saturated heterocycles. The SMILES string of the molecule is N#Cc1ccc(O[C@@H]2CCC[C@@H](NC(=O)c3ccc(Cl)nn3)C2)cc1C1CC1. The number of hydrogen-bond acceptors (Lipinski definition) is 5. The fourth-order valence-corrected chi connectivity index (χ4v) is 3.82. The van der Waals surface area contributed by atoms with E-state index in [-0.39, 0.29) is 28.9 Å². The van der Waals surface area contributed by atoms with Gasteiger partial charge in [-0.15, -0.1) is 10.2 Å². The molecule has 1 aromatic heterocycles. The predicted molar refractivity (Wildman–Crippen MR) is 104 cm³/mol. The first-order valence-corrected chi connectivity index (χ1v) is 10.0. The van der Waals surface area contributed by atoms with Crippen molar-refractivity contribution in [2.24, 2.45) is 0 Å². The number of amides is 1. The number of benzene rings is 1. The molecule has 1 N–H and O–H groups in total. The van der Waals surface area contributed by atoms with Crippen LogP contribution in [0.2, 0.25) is 5.15 Å². The molecule has 2 atom stereocenters. The third-order valence-electron chi connectivity index (χ3n) is 5.29. The zero-order chi connectivity index (χ0) is 19.5. The summed E-state index contributed by atoms with van der Waals surface area (Å²) in [5.41, 5.74) is 2.10. The zero-order valence-electron chi connectivity index (χ0n) is 15.4. The van der Waals surface area contributed by atoms with Crippen molar-refractivity contribution in [1.82, 2.24) is 15.5 Å². The van der Waals surface area contributed by atoms with Crippen LogP contribution in [0.15, 0.2) is 30.3 Å². The Morgan fingerprint density at radius 1 is 1.18 bits per heavy atom. The summed E-state index contributed by atoms with van der Waals surface area (Å²) in [5.74, 6) is 1.06. The van der Waals surface area contributed by atoms with Crippen LogP contribution >= 0.6 is 11.6 Å². The number of carbonyl (C=O) groups is 1. The summed E-state index contributed by atoms with van der Waals surface area (Å²) in [4.78, 5) is 12.4. The molecule has 2 saturated carbocycles. The van der Waals surface area contributed by atoms with Gasteiger partial charge >= 0.3 is 0 Å². The Morgan fingerprint density at radius 3 is 2.75 bits per heavy atom. The van der Waals surface area contributed by atoms with Crippen molar-refractivity contribution in [1.29, 1.82) is 5.26 Å². The van der Waals surface area contributed by atoms with Crippen LogP contribution in [0.5, 0.6) is 5.75 Å². The van der Waals surface area contributed by atoms with E-state index in [1.807, 2.05) is 18.2 Å². The lowest BCUT2D eigenvalue weighted by molar-refractivity contribution is 0.0877. The molecule has 0 spiro atoms. The summed E-state index contributed by atoms with van der Waals surface area (Å²) < 4.78 is 6.20. The quantitative estimate of drug-likeness (QED) is 0.825. The first-order chi connectivity index (χ1) is 13.6. The lowest BCUT2D eigenvalue weighted by atomic mass is 9.92. The minimum Gasteiger partial charge on any atom is -0.490 e. The number of nitrogens with one attached hydrogen (secondary N) is 1. The number of carbonyl (C=O) groups excluding carboxylic acids is 1. The fraction of sp³-hybridized carbons (Fsp3) is 0.429. The van der Waals surface area contributed by atoms with Crippen molar-refractivity contribution < 1.29 is 9.53 Å². The maximum Gasteiger partial charge on any atom is 0.272 e. The molecule has 4 rings (SSSR count). The Balaban J connectivity index is 1.37. The van der Waals surface area contributed by atoms with Gasteiger partial charge < -0.3 is 10.1 Å². The van der Waals surface area contributed by atoms with Gasteiger partial charge in [0.05, 0.1) is 11.6 Å². The van der Waals surface area contributed by atoms with Crippen LogP contribution in [0.1, 0.15) is 66.1 Å². The molecule has 1 amide bonds. The Kier molecular flexibility index (Phi) is 5.45. The van der Waals surface area contributed by atoms with Gasteiger partial charge in [0.1, 0.15) is 11.9 Å². The van der Waals surface area contributed by atoms with Crippen molar-refractivity contribution in [3.8, 4) is 11.8 Å². The van der Waals surface area contributed by atoms with E-state index in [4.69, 9.17) is 16.3 Å². The van der Waals surface area contributed by atoms with E-state index in [2.05, 4.69) is 21.6 Å². The molecule has 0 radical (unpaired) electrons. The molecule has 2 aliphatic rings. The second kappa shape index (κ2) is 8.15. The van der Waals surface area contributed by atoms with Crippen LogP contribution in [0.3, 0.4) is 0 Å². The maximum absolute atomic E-state index is 12.4. The van der Waals surface area contributed by atoms with Gasteiger partial charge in [-0.3, -0.25) is 4.79 Å². The topological polar surface area (TPSA) is 87.9 Å². The number of ether oxygens (including phenoxy) is 1. The molecule has 2 aromatic rings. The second-order valence-corrected chi connectivity index (χ2v) is 7.84. The molecule has 2 aliphatic carbocycles. The van der Waals surface area contributed by atoms with Crippen LogP contribution in [-0.4, -0.2) is 28.3 Å². The van der Waals surface area contributed by atoms with E-state index in [1.165, 1.54) is 0 Å². The normalized spacial score (nSPS) is 21.6. The molecule has 1 aromatic carbocycles. The van der Waals surface area contributed by atoms with Crippen molar-refractivity contribution in [3.05, 3.63) is 52.3 Å². The minimum atomic E-state index is -0.246. The van der Waals surface area contributed by atoms with Gasteiger partial charge in [-0.25, -0.2) is 0 Å². The number of nitriles is 1. The Morgan fingerprint density at radius 2 is 2.04 bits per heavy atom. The summed E-state index contributed by atoms with van der Waals surface area (Å²) in [6, 6.07) is 11.2. The molecule has 7 heteroatoms. The van der Waals surface area contributed by atoms with E-state index >= 15 is 0 Å². The van der Waals surface area contributed by atoms with Gasteiger partial charge in [-0.05, 0) is 73.9 Å². The summed E-state index contributed by atoms with van der Waals surface area (Å²) >= 11 is 5.72. The molecular formula is C21H21ClN4O2. The highest BCUT2D eigenvalue weighted by Gasteiger charge is 2.28. The number of halogens is 1. The van der Waals surface area contributed by atoms with E-state index < -0.39 is 0 Å². The number of hydrogen-bond donors (Lipinski definition) is 1. The van der Waals surface area contributed by atoms with E-state index in [0.29, 0.717) is 5.92 Å². The highest BCUT2D eigenvalue weighted by atomic mass is 35.5. The maximum atomic E-state index is 12.4. The molecule has 1 heterocycles. The monoisotopic (exact) mass is 396 g/mol. The van der Waals surface area contributed by atoms with E-state index in [1.54, 1.807) is 12.1 Å². The van der Waals surface area contributed by atoms with Gasteiger partial charge in [-0.2, -0.15) is 5.26 Å². The average molecular weight is 397 g/mol. The second-order valence-electron chi connectivity index (χ2n) is 7.45. The number of rotatable bonds is 5. The first kappa shape index (κ1) is 18.7. The molecule has 144 valence electrons. The molecule has 2 fully saturated rings. The Bertz CT molecular complexity index is 906. The van der Waals surface area contributed by atoms with Gasteiger partial charge in [0, 0.05) is 12.5 Å². The summed E-state index contributed by atoms with van der Waals surface area (Å²) in [6.45, 7) is 0. The number of nitrogens with zero attached hydrogens (tertiary/aromatic N) is 3. The van der Waals surface area contributed by atoms with Gasteiger partial charge in [0.2, 0.25) is 0 Å². The van der Waals surface area contributed by atoms with Crippen LogP contribution in [0.4, 0.5) is 0 Å². The van der Waals surface area contributed by atoms with Crippen LogP contribution in [-0.2, 0) is 0 Å². The van der Waals surface area contributed by atoms with Gasteiger partial charge in [-0.1, -0.05) is 11.6 Å². The average Bonchev–Trinajstić information content (AvgIpc) is 3.54. The van der Waals surface area contributed by atoms with E-state index in [9.17, 15) is 10.1 Å². The van der Waals surface area contributed by atoms with Crippen LogP contribution in [0.25, 0.3) is 0 Å². The largest absolute Gasteiger partial charge is 0.490 e. The van der Waals surface area contributed by atoms with Crippen molar-refractivity contribution in [2.75, 3.05) is 0 Å². The van der Waals surface area contributed by atoms with Crippen molar-refractivity contribution in [2.45, 2.75) is 56.6 Å². The summed E-state index contributed by atoms with van der Waals surface area (Å²) in [5, 5.41) is 20.1. The van der Waals surface area contributed by atoms with Gasteiger partial charge in [0.25, 0.3) is 5.91 Å². The third-order valence-corrected chi connectivity index (χ3v) is 5.49. The van der Waals surface area contributed by atoms with Crippen molar-refractivity contribution in [3.63, 3.8) is 0 Å². The molecule has 28 heavy (non-hydrogen) atoms.